The topological polar surface area (TPSA) is 68.0 Å². The zero-order valence-electron chi connectivity index (χ0n) is 12.7. The number of amides is 1. The van der Waals surface area contributed by atoms with Crippen LogP contribution in [0.4, 0.5) is 5.82 Å². The van der Waals surface area contributed by atoms with Gasteiger partial charge in [0.25, 0.3) is 5.91 Å². The third-order valence-electron chi connectivity index (χ3n) is 3.02. The molecule has 1 amide bonds. The van der Waals surface area contributed by atoms with Crippen LogP contribution in [-0.4, -0.2) is 17.4 Å². The normalized spacial score (nSPS) is 11.2. The first-order chi connectivity index (χ1) is 9.85. The lowest BCUT2D eigenvalue weighted by Crippen LogP contribution is -2.32. The summed E-state index contributed by atoms with van der Waals surface area (Å²) in [7, 11) is 0. The first-order valence-corrected chi connectivity index (χ1v) is 6.95. The fraction of sp³-hybridized carbons (Fsp3) is 0.294. The fourth-order valence-corrected chi connectivity index (χ4v) is 1.86. The monoisotopic (exact) mass is 283 g/mol. The van der Waals surface area contributed by atoms with Gasteiger partial charge in [-0.2, -0.15) is 0 Å². The Morgan fingerprint density at radius 1 is 1.19 bits per heavy atom. The number of carbonyl (C=O) groups is 1. The van der Waals surface area contributed by atoms with Crippen LogP contribution in [0.25, 0.3) is 11.1 Å². The van der Waals surface area contributed by atoms with Crippen LogP contribution in [0.5, 0.6) is 0 Å². The van der Waals surface area contributed by atoms with Gasteiger partial charge in [-0.1, -0.05) is 32.9 Å². The van der Waals surface area contributed by atoms with E-state index in [0.717, 1.165) is 11.1 Å². The number of nitrogen functional groups attached to an aromatic ring is 1. The van der Waals surface area contributed by atoms with E-state index < -0.39 is 0 Å². The number of carbonyl (C=O) groups excluding carboxylic acids is 1. The van der Waals surface area contributed by atoms with Crippen molar-refractivity contribution in [3.63, 3.8) is 0 Å². The number of anilines is 1. The quantitative estimate of drug-likeness (QED) is 0.909. The maximum atomic E-state index is 12.2. The first kappa shape index (κ1) is 15.0. The molecular formula is C17H21N3O. The third-order valence-corrected chi connectivity index (χ3v) is 3.02. The van der Waals surface area contributed by atoms with Gasteiger partial charge in [0.1, 0.15) is 5.82 Å². The number of hydrogen-bond acceptors (Lipinski definition) is 3. The van der Waals surface area contributed by atoms with E-state index in [1.165, 1.54) is 0 Å². The van der Waals surface area contributed by atoms with Crippen LogP contribution in [0, 0.1) is 5.41 Å². The van der Waals surface area contributed by atoms with Gasteiger partial charge in [-0.3, -0.25) is 4.79 Å². The predicted molar refractivity (Wildman–Crippen MR) is 85.9 cm³/mol. The Labute approximate surface area is 125 Å². The standard InChI is InChI=1S/C17H21N3O/c1-17(2,3)11-20-16(21)13-6-4-5-12(9-13)14-7-8-15(18)19-10-14/h4-10H,11H2,1-3H3,(H2,18,19)(H,20,21). The van der Waals surface area contributed by atoms with E-state index in [9.17, 15) is 4.79 Å². The van der Waals surface area contributed by atoms with Crippen LogP contribution in [0.1, 0.15) is 31.1 Å². The van der Waals surface area contributed by atoms with Gasteiger partial charge < -0.3 is 11.1 Å². The van der Waals surface area contributed by atoms with E-state index in [4.69, 9.17) is 5.73 Å². The lowest BCUT2D eigenvalue weighted by Gasteiger charge is -2.18. The summed E-state index contributed by atoms with van der Waals surface area (Å²) in [6, 6.07) is 11.2. The molecule has 1 heterocycles. The van der Waals surface area contributed by atoms with Crippen molar-refractivity contribution in [1.82, 2.24) is 10.3 Å². The Morgan fingerprint density at radius 2 is 1.95 bits per heavy atom. The van der Waals surface area contributed by atoms with Crippen LogP contribution < -0.4 is 11.1 Å². The van der Waals surface area contributed by atoms with Crippen LogP contribution in [-0.2, 0) is 0 Å². The Kier molecular flexibility index (Phi) is 4.26. The largest absolute Gasteiger partial charge is 0.384 e. The average Bonchev–Trinajstić information content (AvgIpc) is 2.45. The number of nitrogens with two attached hydrogens (primary N) is 1. The van der Waals surface area contributed by atoms with Gasteiger partial charge in [-0.05, 0) is 35.2 Å². The van der Waals surface area contributed by atoms with E-state index in [0.29, 0.717) is 17.9 Å². The van der Waals surface area contributed by atoms with Crippen molar-refractivity contribution in [3.8, 4) is 11.1 Å². The molecule has 0 aliphatic rings. The molecule has 21 heavy (non-hydrogen) atoms. The molecule has 1 aromatic heterocycles. The number of pyridine rings is 1. The summed E-state index contributed by atoms with van der Waals surface area (Å²) in [6.07, 6.45) is 1.71. The van der Waals surface area contributed by atoms with Crippen LogP contribution in [0.3, 0.4) is 0 Å². The molecule has 0 spiro atoms. The fourth-order valence-electron chi connectivity index (χ4n) is 1.86. The SMILES string of the molecule is CC(C)(C)CNC(=O)c1cccc(-c2ccc(N)nc2)c1. The highest BCUT2D eigenvalue weighted by atomic mass is 16.1. The van der Waals surface area contributed by atoms with Crippen molar-refractivity contribution in [3.05, 3.63) is 48.2 Å². The van der Waals surface area contributed by atoms with E-state index in [1.807, 2.05) is 30.3 Å². The minimum atomic E-state index is -0.0600. The van der Waals surface area contributed by atoms with Gasteiger partial charge in [0, 0.05) is 23.9 Å². The second-order valence-corrected chi connectivity index (χ2v) is 6.30. The van der Waals surface area contributed by atoms with Crippen LogP contribution >= 0.6 is 0 Å². The van der Waals surface area contributed by atoms with Gasteiger partial charge in [0.15, 0.2) is 0 Å². The highest BCUT2D eigenvalue weighted by Crippen LogP contribution is 2.20. The van der Waals surface area contributed by atoms with Crippen molar-refractivity contribution in [2.45, 2.75) is 20.8 Å². The summed E-state index contributed by atoms with van der Waals surface area (Å²) < 4.78 is 0. The van der Waals surface area contributed by atoms with Crippen molar-refractivity contribution < 1.29 is 4.79 Å². The molecule has 0 unspecified atom stereocenters. The molecule has 0 bridgehead atoms. The number of nitrogens with zero attached hydrogens (tertiary/aromatic N) is 1. The Morgan fingerprint density at radius 3 is 2.57 bits per heavy atom. The summed E-state index contributed by atoms with van der Waals surface area (Å²) in [5, 5.41) is 2.95. The zero-order valence-corrected chi connectivity index (χ0v) is 12.7. The van der Waals surface area contributed by atoms with Crippen LogP contribution in [0.15, 0.2) is 42.6 Å². The van der Waals surface area contributed by atoms with Crippen molar-refractivity contribution in [2.75, 3.05) is 12.3 Å². The number of benzene rings is 1. The molecule has 0 atom stereocenters. The van der Waals surface area contributed by atoms with E-state index in [1.54, 1.807) is 12.3 Å². The van der Waals surface area contributed by atoms with Crippen molar-refractivity contribution in [1.29, 1.82) is 0 Å². The van der Waals surface area contributed by atoms with Crippen molar-refractivity contribution >= 4 is 11.7 Å². The van der Waals surface area contributed by atoms with Gasteiger partial charge in [-0.15, -0.1) is 0 Å². The number of nitrogens with one attached hydrogen (secondary N) is 1. The molecule has 0 saturated heterocycles. The summed E-state index contributed by atoms with van der Waals surface area (Å²) in [5.41, 5.74) is 8.19. The molecule has 0 saturated carbocycles. The highest BCUT2D eigenvalue weighted by Gasteiger charge is 2.13. The number of aromatic nitrogens is 1. The molecule has 1 aromatic carbocycles. The number of hydrogen-bond donors (Lipinski definition) is 2. The summed E-state index contributed by atoms with van der Waals surface area (Å²) in [6.45, 7) is 6.90. The van der Waals surface area contributed by atoms with Crippen molar-refractivity contribution in [2.24, 2.45) is 5.41 Å². The lowest BCUT2D eigenvalue weighted by atomic mass is 9.96. The molecule has 0 aliphatic carbocycles. The Hall–Kier alpha value is -2.36. The molecule has 4 heteroatoms. The molecule has 110 valence electrons. The smallest absolute Gasteiger partial charge is 0.251 e. The summed E-state index contributed by atoms with van der Waals surface area (Å²) in [4.78, 5) is 16.3. The maximum absolute atomic E-state index is 12.2. The summed E-state index contributed by atoms with van der Waals surface area (Å²) >= 11 is 0. The van der Waals surface area contributed by atoms with E-state index in [-0.39, 0.29) is 11.3 Å². The molecule has 0 aliphatic heterocycles. The van der Waals surface area contributed by atoms with Gasteiger partial charge in [0.05, 0.1) is 0 Å². The zero-order chi connectivity index (χ0) is 15.5. The molecule has 2 rings (SSSR count). The average molecular weight is 283 g/mol. The van der Waals surface area contributed by atoms with Gasteiger partial charge >= 0.3 is 0 Å². The second kappa shape index (κ2) is 5.95. The van der Waals surface area contributed by atoms with Crippen LogP contribution in [0.2, 0.25) is 0 Å². The Bertz CT molecular complexity index is 627. The lowest BCUT2D eigenvalue weighted by molar-refractivity contribution is 0.0939. The highest BCUT2D eigenvalue weighted by molar-refractivity contribution is 5.95. The third kappa shape index (κ3) is 4.31. The molecule has 0 radical (unpaired) electrons. The first-order valence-electron chi connectivity index (χ1n) is 6.95. The summed E-state index contributed by atoms with van der Waals surface area (Å²) in [5.74, 6) is 0.424. The van der Waals surface area contributed by atoms with E-state index >= 15 is 0 Å². The molecule has 0 fully saturated rings. The Balaban J connectivity index is 2.17. The maximum Gasteiger partial charge on any atom is 0.251 e. The molecule has 4 nitrogen and oxygen atoms in total. The predicted octanol–water partition coefficient (Wildman–Crippen LogP) is 3.11. The molecule has 2 aromatic rings. The van der Waals surface area contributed by atoms with E-state index in [2.05, 4.69) is 31.1 Å². The minimum absolute atomic E-state index is 0.0600. The van der Waals surface area contributed by atoms with Gasteiger partial charge in [0.2, 0.25) is 0 Å². The second-order valence-electron chi connectivity index (χ2n) is 6.30. The minimum Gasteiger partial charge on any atom is -0.384 e. The van der Waals surface area contributed by atoms with Gasteiger partial charge in [-0.25, -0.2) is 4.98 Å². The molecular weight excluding hydrogens is 262 g/mol. The molecule has 3 N–H and O–H groups in total. The number of rotatable bonds is 3.